The monoisotopic (exact) mass is 266 g/mol. The van der Waals surface area contributed by atoms with Gasteiger partial charge in [0.2, 0.25) is 5.89 Å². The van der Waals surface area contributed by atoms with Gasteiger partial charge >= 0.3 is 0 Å². The molecule has 0 aliphatic carbocycles. The topological polar surface area (TPSA) is 45.4 Å². The highest BCUT2D eigenvalue weighted by atomic mass is 16.5. The summed E-state index contributed by atoms with van der Waals surface area (Å²) in [5.41, 5.74) is 0.240. The lowest BCUT2D eigenvalue weighted by Gasteiger charge is -2.35. The summed E-state index contributed by atoms with van der Waals surface area (Å²) in [4.78, 5) is 9.00. The van der Waals surface area contributed by atoms with Crippen LogP contribution in [-0.4, -0.2) is 47.8 Å². The molecule has 1 aliphatic rings. The predicted molar refractivity (Wildman–Crippen MR) is 76.4 cm³/mol. The van der Waals surface area contributed by atoms with Gasteiger partial charge in [0, 0.05) is 25.6 Å². The molecule has 1 saturated heterocycles. The molecule has 1 atom stereocenters. The Morgan fingerprint density at radius 2 is 2.21 bits per heavy atom. The molecule has 5 nitrogen and oxygen atoms in total. The minimum absolute atomic E-state index is 0.240. The normalized spacial score (nSPS) is 22.9. The first-order valence-electron chi connectivity index (χ1n) is 7.20. The van der Waals surface area contributed by atoms with Crippen LogP contribution in [0.1, 0.15) is 39.5 Å². The quantitative estimate of drug-likeness (QED) is 0.817. The van der Waals surface area contributed by atoms with E-state index in [1.807, 2.05) is 0 Å². The predicted octanol–water partition coefficient (Wildman–Crippen LogP) is 2.19. The highest BCUT2D eigenvalue weighted by Crippen LogP contribution is 2.33. The standard InChI is InChI=1S/C14H26N4O/c1-6-7-12-15-13(16-19-12)17(4)10-11-8-9-18(5)14(11,2)3/h11H,6-10H2,1-5H3/t11-/m1/s1. The first-order valence-corrected chi connectivity index (χ1v) is 7.20. The van der Waals surface area contributed by atoms with Gasteiger partial charge in [-0.1, -0.05) is 6.92 Å². The van der Waals surface area contributed by atoms with Gasteiger partial charge in [-0.2, -0.15) is 4.98 Å². The molecule has 1 aliphatic heterocycles. The molecule has 0 radical (unpaired) electrons. The van der Waals surface area contributed by atoms with Crippen molar-refractivity contribution in [1.29, 1.82) is 0 Å². The van der Waals surface area contributed by atoms with Gasteiger partial charge in [0.15, 0.2) is 0 Å². The van der Waals surface area contributed by atoms with Gasteiger partial charge in [-0.3, -0.25) is 0 Å². The molecule has 2 rings (SSSR count). The van der Waals surface area contributed by atoms with E-state index in [4.69, 9.17) is 4.52 Å². The van der Waals surface area contributed by atoms with Gasteiger partial charge in [-0.05, 0) is 51.4 Å². The molecule has 0 N–H and O–H groups in total. The fourth-order valence-electron chi connectivity index (χ4n) is 2.75. The minimum atomic E-state index is 0.240. The van der Waals surface area contributed by atoms with Gasteiger partial charge in [0.1, 0.15) is 0 Å². The lowest BCUT2D eigenvalue weighted by atomic mass is 9.88. The van der Waals surface area contributed by atoms with Crippen LogP contribution in [0.4, 0.5) is 5.95 Å². The van der Waals surface area contributed by atoms with Crippen LogP contribution < -0.4 is 4.90 Å². The van der Waals surface area contributed by atoms with Crippen molar-refractivity contribution in [3.63, 3.8) is 0 Å². The number of aromatic nitrogens is 2. The zero-order chi connectivity index (χ0) is 14.0. The van der Waals surface area contributed by atoms with E-state index in [1.54, 1.807) is 0 Å². The molecule has 0 saturated carbocycles. The molecule has 0 amide bonds. The van der Waals surface area contributed by atoms with Crippen LogP contribution in [0.15, 0.2) is 4.52 Å². The summed E-state index contributed by atoms with van der Waals surface area (Å²) >= 11 is 0. The lowest BCUT2D eigenvalue weighted by Crippen LogP contribution is -2.43. The third kappa shape index (κ3) is 2.91. The van der Waals surface area contributed by atoms with Gasteiger partial charge < -0.3 is 14.3 Å². The van der Waals surface area contributed by atoms with Crippen LogP contribution >= 0.6 is 0 Å². The van der Waals surface area contributed by atoms with Crippen molar-refractivity contribution in [2.75, 3.05) is 32.1 Å². The average Bonchev–Trinajstić information content (AvgIpc) is 2.90. The van der Waals surface area contributed by atoms with E-state index >= 15 is 0 Å². The van der Waals surface area contributed by atoms with Crippen molar-refractivity contribution in [2.24, 2.45) is 5.92 Å². The molecule has 2 heterocycles. The van der Waals surface area contributed by atoms with Crippen molar-refractivity contribution < 1.29 is 4.52 Å². The Kier molecular flexibility index (Phi) is 4.13. The van der Waals surface area contributed by atoms with E-state index in [1.165, 1.54) is 13.0 Å². The second-order valence-corrected chi connectivity index (χ2v) is 6.18. The lowest BCUT2D eigenvalue weighted by molar-refractivity contribution is 0.174. The van der Waals surface area contributed by atoms with E-state index in [2.05, 4.69) is 54.8 Å². The maximum Gasteiger partial charge on any atom is 0.265 e. The Morgan fingerprint density at radius 3 is 2.79 bits per heavy atom. The second kappa shape index (κ2) is 5.49. The van der Waals surface area contributed by atoms with Crippen molar-refractivity contribution in [3.05, 3.63) is 5.89 Å². The maximum absolute atomic E-state index is 5.25. The van der Waals surface area contributed by atoms with Crippen LogP contribution in [0.3, 0.4) is 0 Å². The molecular weight excluding hydrogens is 240 g/mol. The van der Waals surface area contributed by atoms with Crippen LogP contribution in [-0.2, 0) is 6.42 Å². The molecule has 0 bridgehead atoms. The Labute approximate surface area is 116 Å². The molecule has 1 aromatic heterocycles. The van der Waals surface area contributed by atoms with Crippen LogP contribution in [0.5, 0.6) is 0 Å². The fraction of sp³-hybridized carbons (Fsp3) is 0.857. The smallest absolute Gasteiger partial charge is 0.265 e. The number of aryl methyl sites for hydroxylation is 1. The minimum Gasteiger partial charge on any atom is -0.341 e. The summed E-state index contributed by atoms with van der Waals surface area (Å²) in [6, 6.07) is 0. The summed E-state index contributed by atoms with van der Waals surface area (Å²) in [7, 11) is 4.25. The summed E-state index contributed by atoms with van der Waals surface area (Å²) in [5, 5.41) is 4.07. The maximum atomic E-state index is 5.25. The van der Waals surface area contributed by atoms with Crippen molar-refractivity contribution in [3.8, 4) is 0 Å². The Balaban J connectivity index is 1.98. The molecule has 19 heavy (non-hydrogen) atoms. The number of nitrogens with zero attached hydrogens (tertiary/aromatic N) is 4. The number of rotatable bonds is 5. The zero-order valence-corrected chi connectivity index (χ0v) is 12.8. The Morgan fingerprint density at radius 1 is 1.47 bits per heavy atom. The molecular formula is C14H26N4O. The summed E-state index contributed by atoms with van der Waals surface area (Å²) in [6.07, 6.45) is 3.12. The molecule has 108 valence electrons. The number of anilines is 1. The van der Waals surface area contributed by atoms with Crippen molar-refractivity contribution >= 4 is 5.95 Å². The van der Waals surface area contributed by atoms with Crippen molar-refractivity contribution in [2.45, 2.75) is 45.6 Å². The highest BCUT2D eigenvalue weighted by molar-refractivity contribution is 5.26. The summed E-state index contributed by atoms with van der Waals surface area (Å²) in [6.45, 7) is 8.89. The number of hydrogen-bond acceptors (Lipinski definition) is 5. The zero-order valence-electron chi connectivity index (χ0n) is 12.8. The molecule has 1 aromatic rings. The van der Waals surface area contributed by atoms with E-state index in [-0.39, 0.29) is 5.54 Å². The second-order valence-electron chi connectivity index (χ2n) is 6.18. The fourth-order valence-corrected chi connectivity index (χ4v) is 2.75. The van der Waals surface area contributed by atoms with Crippen molar-refractivity contribution in [1.82, 2.24) is 15.0 Å². The first-order chi connectivity index (χ1) is 8.95. The highest BCUT2D eigenvalue weighted by Gasteiger charge is 2.39. The van der Waals surface area contributed by atoms with Gasteiger partial charge in [-0.25, -0.2) is 0 Å². The van der Waals surface area contributed by atoms with E-state index in [0.717, 1.165) is 25.3 Å². The molecule has 0 aromatic carbocycles. The third-order valence-electron chi connectivity index (χ3n) is 4.55. The molecule has 1 fully saturated rings. The van der Waals surface area contributed by atoms with E-state index < -0.39 is 0 Å². The van der Waals surface area contributed by atoms with Gasteiger partial charge in [0.25, 0.3) is 5.95 Å². The van der Waals surface area contributed by atoms with Crippen LogP contribution in [0.2, 0.25) is 0 Å². The molecule has 5 heteroatoms. The average molecular weight is 266 g/mol. The first kappa shape index (κ1) is 14.3. The Bertz CT molecular complexity index is 415. The van der Waals surface area contributed by atoms with Crippen LogP contribution in [0.25, 0.3) is 0 Å². The van der Waals surface area contributed by atoms with Crippen LogP contribution in [0, 0.1) is 5.92 Å². The molecule has 0 spiro atoms. The third-order valence-corrected chi connectivity index (χ3v) is 4.55. The largest absolute Gasteiger partial charge is 0.341 e. The SMILES string of the molecule is CCCc1nc(N(C)C[C@H]2CCN(C)C2(C)C)no1. The van der Waals surface area contributed by atoms with Gasteiger partial charge in [0.05, 0.1) is 0 Å². The Hall–Kier alpha value is -1.10. The molecule has 0 unspecified atom stereocenters. The van der Waals surface area contributed by atoms with E-state index in [0.29, 0.717) is 11.9 Å². The van der Waals surface area contributed by atoms with E-state index in [9.17, 15) is 0 Å². The number of likely N-dealkylation sites (tertiary alicyclic amines) is 1. The van der Waals surface area contributed by atoms with Gasteiger partial charge in [-0.15, -0.1) is 0 Å². The summed E-state index contributed by atoms with van der Waals surface area (Å²) in [5.74, 6) is 2.09. The number of hydrogen-bond donors (Lipinski definition) is 0. The summed E-state index contributed by atoms with van der Waals surface area (Å²) < 4.78 is 5.25.